The lowest BCUT2D eigenvalue weighted by Gasteiger charge is -2.26. The SMILES string of the molecule is Cc1cc(-c2nc3cc(CNC(C(=O)OC(C)(C)C)[C@@H](C)O)ccc3n2CC2CCOC2)cn(C)c1=O. The Bertz CT molecular complexity index is 1300. The number of benzene rings is 1. The van der Waals surface area contributed by atoms with Crippen LogP contribution in [0.15, 0.2) is 35.3 Å². The summed E-state index contributed by atoms with van der Waals surface area (Å²) in [5, 5.41) is 13.3. The molecule has 4 rings (SSSR count). The Morgan fingerprint density at radius 2 is 2.08 bits per heavy atom. The van der Waals surface area contributed by atoms with Crippen LogP contribution in [0.25, 0.3) is 22.4 Å². The quantitative estimate of drug-likeness (QED) is 0.449. The zero-order valence-corrected chi connectivity index (χ0v) is 22.6. The molecule has 37 heavy (non-hydrogen) atoms. The molecule has 1 aromatic carbocycles. The van der Waals surface area contributed by atoms with Crippen LogP contribution >= 0.6 is 0 Å². The van der Waals surface area contributed by atoms with Crippen LogP contribution in [0.1, 0.15) is 45.2 Å². The number of carbonyl (C=O) groups is 1. The van der Waals surface area contributed by atoms with Crippen LogP contribution in [0.2, 0.25) is 0 Å². The molecule has 0 aliphatic carbocycles. The summed E-state index contributed by atoms with van der Waals surface area (Å²) >= 11 is 0. The van der Waals surface area contributed by atoms with E-state index in [0.29, 0.717) is 18.0 Å². The number of rotatable bonds is 8. The highest BCUT2D eigenvalue weighted by molar-refractivity contribution is 5.81. The van der Waals surface area contributed by atoms with E-state index in [1.54, 1.807) is 39.3 Å². The number of aliphatic hydroxyl groups excluding tert-OH is 1. The number of aromatic nitrogens is 3. The fourth-order valence-electron chi connectivity index (χ4n) is 4.72. The fraction of sp³-hybridized carbons (Fsp3) is 0.536. The van der Waals surface area contributed by atoms with E-state index >= 15 is 0 Å². The number of pyridine rings is 1. The molecule has 0 spiro atoms. The van der Waals surface area contributed by atoms with Crippen LogP contribution in [-0.2, 0) is 34.4 Å². The topological polar surface area (TPSA) is 108 Å². The summed E-state index contributed by atoms with van der Waals surface area (Å²) in [5.41, 5.74) is 3.63. The van der Waals surface area contributed by atoms with Gasteiger partial charge in [0.05, 0.1) is 23.7 Å². The molecule has 2 aromatic heterocycles. The van der Waals surface area contributed by atoms with Crippen molar-refractivity contribution in [3.63, 3.8) is 0 Å². The third-order valence-corrected chi connectivity index (χ3v) is 6.57. The average Bonchev–Trinajstić information content (AvgIpc) is 3.44. The number of aryl methyl sites for hydroxylation is 2. The summed E-state index contributed by atoms with van der Waals surface area (Å²) in [6, 6.07) is 7.08. The molecule has 1 aliphatic heterocycles. The van der Waals surface area contributed by atoms with Crippen LogP contribution < -0.4 is 10.9 Å². The number of nitrogens with one attached hydrogen (secondary N) is 1. The molecular weight excluding hydrogens is 472 g/mol. The fourth-order valence-corrected chi connectivity index (χ4v) is 4.72. The van der Waals surface area contributed by atoms with Gasteiger partial charge in [-0.25, -0.2) is 4.98 Å². The van der Waals surface area contributed by atoms with E-state index in [2.05, 4.69) is 9.88 Å². The van der Waals surface area contributed by atoms with Gasteiger partial charge in [-0.05, 0) is 64.8 Å². The standard InChI is InChI=1S/C28H38N4O5/c1-17-11-21(15-31(6)26(17)34)25-30-22-12-19(7-8-23(22)32(25)14-20-9-10-36-16-20)13-29-24(18(2)33)27(35)37-28(3,4)5/h7-8,11-12,15,18,20,24,29,33H,9-10,13-14,16H2,1-6H3/t18-,20?,24?/m1/s1. The average molecular weight is 511 g/mol. The van der Waals surface area contributed by atoms with E-state index in [9.17, 15) is 14.7 Å². The molecule has 0 radical (unpaired) electrons. The number of hydrogen-bond acceptors (Lipinski definition) is 7. The van der Waals surface area contributed by atoms with Crippen molar-refractivity contribution in [2.45, 2.75) is 71.9 Å². The predicted octanol–water partition coefficient (Wildman–Crippen LogP) is 2.93. The number of fused-ring (bicyclic) bond motifs is 1. The lowest BCUT2D eigenvalue weighted by molar-refractivity contribution is -0.160. The van der Waals surface area contributed by atoms with E-state index in [1.165, 1.54) is 0 Å². The van der Waals surface area contributed by atoms with Crippen LogP contribution in [0, 0.1) is 12.8 Å². The Morgan fingerprint density at radius 3 is 2.70 bits per heavy atom. The molecule has 0 bridgehead atoms. The molecule has 9 nitrogen and oxygen atoms in total. The first kappa shape index (κ1) is 27.0. The van der Waals surface area contributed by atoms with Crippen LogP contribution in [0.5, 0.6) is 0 Å². The number of ether oxygens (including phenoxy) is 2. The first-order valence-corrected chi connectivity index (χ1v) is 12.8. The molecule has 2 unspecified atom stereocenters. The largest absolute Gasteiger partial charge is 0.459 e. The lowest BCUT2D eigenvalue weighted by atomic mass is 10.1. The molecule has 1 saturated heterocycles. The van der Waals surface area contributed by atoms with Gasteiger partial charge < -0.3 is 23.7 Å². The molecule has 0 saturated carbocycles. The Labute approximate surface area is 217 Å². The molecule has 1 aliphatic rings. The summed E-state index contributed by atoms with van der Waals surface area (Å²) in [7, 11) is 1.75. The van der Waals surface area contributed by atoms with Crippen molar-refractivity contribution in [2.75, 3.05) is 13.2 Å². The van der Waals surface area contributed by atoms with Crippen molar-refractivity contribution < 1.29 is 19.4 Å². The molecular formula is C28H38N4O5. The molecule has 2 N–H and O–H groups in total. The maximum atomic E-state index is 12.6. The van der Waals surface area contributed by atoms with Gasteiger partial charge in [0.2, 0.25) is 0 Å². The first-order chi connectivity index (χ1) is 17.4. The van der Waals surface area contributed by atoms with Crippen molar-refractivity contribution >= 4 is 17.0 Å². The second-order valence-electron chi connectivity index (χ2n) is 11.1. The summed E-state index contributed by atoms with van der Waals surface area (Å²) in [6.45, 7) is 11.4. The van der Waals surface area contributed by atoms with Gasteiger partial charge in [-0.15, -0.1) is 0 Å². The van der Waals surface area contributed by atoms with Crippen LogP contribution in [0.4, 0.5) is 0 Å². The van der Waals surface area contributed by atoms with Crippen molar-refractivity contribution in [2.24, 2.45) is 13.0 Å². The van der Waals surface area contributed by atoms with Gasteiger partial charge in [-0.1, -0.05) is 6.07 Å². The maximum absolute atomic E-state index is 12.6. The highest BCUT2D eigenvalue weighted by Crippen LogP contribution is 2.28. The van der Waals surface area contributed by atoms with Crippen LogP contribution in [0.3, 0.4) is 0 Å². The molecule has 0 amide bonds. The first-order valence-electron chi connectivity index (χ1n) is 12.8. The van der Waals surface area contributed by atoms with E-state index < -0.39 is 23.7 Å². The summed E-state index contributed by atoms with van der Waals surface area (Å²) < 4.78 is 14.9. The van der Waals surface area contributed by atoms with Crippen LogP contribution in [-0.4, -0.2) is 56.2 Å². The molecule has 3 atom stereocenters. The Hall–Kier alpha value is -3.01. The third-order valence-electron chi connectivity index (χ3n) is 6.57. The minimum Gasteiger partial charge on any atom is -0.459 e. The minimum atomic E-state index is -0.911. The highest BCUT2D eigenvalue weighted by Gasteiger charge is 2.28. The van der Waals surface area contributed by atoms with Gasteiger partial charge in [0, 0.05) is 50.0 Å². The summed E-state index contributed by atoms with van der Waals surface area (Å²) in [4.78, 5) is 29.9. The van der Waals surface area contributed by atoms with Gasteiger partial charge in [-0.3, -0.25) is 14.9 Å². The van der Waals surface area contributed by atoms with Gasteiger partial charge in [-0.2, -0.15) is 0 Å². The number of nitrogens with zero attached hydrogens (tertiary/aromatic N) is 3. The number of aliphatic hydroxyl groups is 1. The molecule has 1 fully saturated rings. The van der Waals surface area contributed by atoms with E-state index in [-0.39, 0.29) is 5.56 Å². The van der Waals surface area contributed by atoms with Crippen molar-refractivity contribution in [3.8, 4) is 11.4 Å². The van der Waals surface area contributed by atoms with Gasteiger partial charge >= 0.3 is 5.97 Å². The Kier molecular flexibility index (Phi) is 7.87. The van der Waals surface area contributed by atoms with Crippen molar-refractivity contribution in [3.05, 3.63) is 51.9 Å². The number of imidazole rings is 1. The van der Waals surface area contributed by atoms with Gasteiger partial charge in [0.15, 0.2) is 0 Å². The number of esters is 1. The highest BCUT2D eigenvalue weighted by atomic mass is 16.6. The second kappa shape index (κ2) is 10.8. The molecule has 200 valence electrons. The molecule has 3 aromatic rings. The zero-order valence-electron chi connectivity index (χ0n) is 22.6. The summed E-state index contributed by atoms with van der Waals surface area (Å²) in [5.74, 6) is 0.715. The molecule has 3 heterocycles. The molecule has 9 heteroatoms. The van der Waals surface area contributed by atoms with Gasteiger partial charge in [0.25, 0.3) is 5.56 Å². The van der Waals surface area contributed by atoms with Crippen molar-refractivity contribution in [1.29, 1.82) is 0 Å². The van der Waals surface area contributed by atoms with E-state index in [4.69, 9.17) is 14.5 Å². The normalized spacial score (nSPS) is 17.8. The minimum absolute atomic E-state index is 0.0263. The lowest BCUT2D eigenvalue weighted by Crippen LogP contribution is -2.47. The smallest absolute Gasteiger partial charge is 0.326 e. The number of carbonyl (C=O) groups excluding carboxylic acids is 1. The second-order valence-corrected chi connectivity index (χ2v) is 11.1. The van der Waals surface area contributed by atoms with Gasteiger partial charge in [0.1, 0.15) is 17.5 Å². The monoisotopic (exact) mass is 510 g/mol. The Morgan fingerprint density at radius 1 is 1.32 bits per heavy atom. The Balaban J connectivity index is 1.66. The predicted molar refractivity (Wildman–Crippen MR) is 142 cm³/mol. The van der Waals surface area contributed by atoms with Crippen molar-refractivity contribution in [1.82, 2.24) is 19.4 Å². The number of hydrogen-bond donors (Lipinski definition) is 2. The van der Waals surface area contributed by atoms with E-state index in [0.717, 1.165) is 54.2 Å². The maximum Gasteiger partial charge on any atom is 0.326 e. The summed E-state index contributed by atoms with van der Waals surface area (Å²) in [6.07, 6.45) is 1.92. The van der Waals surface area contributed by atoms with E-state index in [1.807, 2.05) is 37.4 Å². The zero-order chi connectivity index (χ0) is 26.9. The third kappa shape index (κ3) is 6.29.